The van der Waals surface area contributed by atoms with E-state index in [1.807, 2.05) is 30.7 Å². The molecule has 3 aromatic rings. The predicted molar refractivity (Wildman–Crippen MR) is 119 cm³/mol. The molecule has 0 unspecified atom stereocenters. The Hall–Kier alpha value is -1.47. The third kappa shape index (κ3) is 3.40. The van der Waals surface area contributed by atoms with Crippen molar-refractivity contribution in [3.8, 4) is 0 Å². The zero-order valence-electron chi connectivity index (χ0n) is 16.0. The number of fused-ring (bicyclic) bond motifs is 1. The molecule has 2 N–H and O–H groups in total. The molecule has 1 saturated carbocycles. The fraction of sp³-hybridized carbons (Fsp3) is 0.429. The normalized spacial score (nSPS) is 21.3. The number of benzene rings is 1. The van der Waals surface area contributed by atoms with Gasteiger partial charge in [-0.25, -0.2) is 9.97 Å². The van der Waals surface area contributed by atoms with Gasteiger partial charge in [-0.1, -0.05) is 47.5 Å². The molecule has 0 radical (unpaired) electrons. The van der Waals surface area contributed by atoms with E-state index >= 15 is 0 Å². The Bertz CT molecular complexity index is 1040. The van der Waals surface area contributed by atoms with Crippen molar-refractivity contribution in [2.45, 2.75) is 47.9 Å². The number of piperidine rings is 1. The van der Waals surface area contributed by atoms with Crippen molar-refractivity contribution in [1.29, 1.82) is 0 Å². The van der Waals surface area contributed by atoms with Crippen molar-refractivity contribution < 1.29 is 0 Å². The molecule has 0 amide bonds. The van der Waals surface area contributed by atoms with E-state index in [-0.39, 0.29) is 0 Å². The molecule has 1 aliphatic heterocycles. The number of halogens is 2. The Morgan fingerprint density at radius 2 is 1.93 bits per heavy atom. The van der Waals surface area contributed by atoms with Gasteiger partial charge in [0.2, 0.25) is 5.95 Å². The van der Waals surface area contributed by atoms with Gasteiger partial charge in [0.1, 0.15) is 0 Å². The Balaban J connectivity index is 1.42. The van der Waals surface area contributed by atoms with Gasteiger partial charge in [-0.15, -0.1) is 0 Å². The highest BCUT2D eigenvalue weighted by Gasteiger charge is 2.43. The quantitative estimate of drug-likeness (QED) is 0.591. The summed E-state index contributed by atoms with van der Waals surface area (Å²) in [5, 5.41) is 1.11. The van der Waals surface area contributed by atoms with E-state index in [9.17, 15) is 0 Å². The molecular weight excluding hydrogens is 425 g/mol. The van der Waals surface area contributed by atoms with Crippen molar-refractivity contribution in [2.75, 3.05) is 18.0 Å². The minimum atomic E-state index is 0.337. The van der Waals surface area contributed by atoms with Gasteiger partial charge in [-0.2, -0.15) is 0 Å². The number of imidazole rings is 1. The topological polar surface area (TPSA) is 59.5 Å². The van der Waals surface area contributed by atoms with Gasteiger partial charge in [0.05, 0.1) is 14.9 Å². The second-order valence-corrected chi connectivity index (χ2v) is 9.91. The Labute approximate surface area is 184 Å². The Kier molecular flexibility index (Phi) is 5.14. The second-order valence-electron chi connectivity index (χ2n) is 8.05. The summed E-state index contributed by atoms with van der Waals surface area (Å²) in [6.45, 7) is 1.97. The first kappa shape index (κ1) is 19.5. The van der Waals surface area contributed by atoms with Gasteiger partial charge in [0, 0.05) is 42.6 Å². The van der Waals surface area contributed by atoms with Crippen molar-refractivity contribution in [3.63, 3.8) is 0 Å². The Morgan fingerprint density at radius 1 is 1.10 bits per heavy atom. The molecule has 8 heteroatoms. The lowest BCUT2D eigenvalue weighted by Gasteiger charge is -2.42. The van der Waals surface area contributed by atoms with Gasteiger partial charge in [0.25, 0.3) is 0 Å². The van der Waals surface area contributed by atoms with Crippen LogP contribution in [0.2, 0.25) is 10.0 Å². The van der Waals surface area contributed by atoms with Crippen molar-refractivity contribution in [1.82, 2.24) is 14.4 Å². The molecule has 1 saturated heterocycles. The number of nitrogens with zero attached hydrogens (tertiary/aromatic N) is 4. The van der Waals surface area contributed by atoms with Crippen LogP contribution in [0.4, 0.5) is 5.95 Å². The molecule has 2 aliphatic rings. The maximum atomic E-state index is 6.45. The maximum Gasteiger partial charge on any atom is 0.211 e. The maximum absolute atomic E-state index is 6.45. The lowest BCUT2D eigenvalue weighted by molar-refractivity contribution is 0.197. The van der Waals surface area contributed by atoms with Gasteiger partial charge in [-0.3, -0.25) is 4.40 Å². The molecular formula is C21H23Cl2N5S. The van der Waals surface area contributed by atoms with E-state index in [0.29, 0.717) is 21.5 Å². The summed E-state index contributed by atoms with van der Waals surface area (Å²) in [6.07, 6.45) is 11.7. The van der Waals surface area contributed by atoms with Crippen LogP contribution in [-0.2, 0) is 0 Å². The van der Waals surface area contributed by atoms with E-state index in [0.717, 1.165) is 47.3 Å². The molecule has 1 spiro atoms. The highest BCUT2D eigenvalue weighted by molar-refractivity contribution is 7.99. The highest BCUT2D eigenvalue weighted by Crippen LogP contribution is 2.46. The molecule has 1 atom stereocenters. The SMILES string of the molecule is N[C@@H]1CCCC12CCN(c1ncc(Sc3cccc(Cl)c3Cl)c3nccn13)CC2. The monoisotopic (exact) mass is 447 g/mol. The fourth-order valence-corrected chi connectivity index (χ4v) is 6.21. The first-order chi connectivity index (χ1) is 14.1. The molecule has 0 bridgehead atoms. The summed E-state index contributed by atoms with van der Waals surface area (Å²) < 4.78 is 2.08. The summed E-state index contributed by atoms with van der Waals surface area (Å²) >= 11 is 14.1. The van der Waals surface area contributed by atoms with E-state index in [4.69, 9.17) is 33.9 Å². The minimum Gasteiger partial charge on any atom is -0.342 e. The fourth-order valence-electron chi connectivity index (χ4n) is 4.81. The lowest BCUT2D eigenvalue weighted by atomic mass is 9.74. The van der Waals surface area contributed by atoms with Crippen molar-refractivity contribution in [3.05, 3.63) is 46.8 Å². The summed E-state index contributed by atoms with van der Waals surface area (Å²) in [5.41, 5.74) is 7.67. The first-order valence-corrected chi connectivity index (χ1v) is 11.6. The summed E-state index contributed by atoms with van der Waals surface area (Å²) in [5.74, 6) is 0.945. The number of aromatic nitrogens is 3. The van der Waals surface area contributed by atoms with Gasteiger partial charge in [0.15, 0.2) is 5.65 Å². The van der Waals surface area contributed by atoms with Gasteiger partial charge >= 0.3 is 0 Å². The van der Waals surface area contributed by atoms with E-state index in [2.05, 4.69) is 14.3 Å². The highest BCUT2D eigenvalue weighted by atomic mass is 35.5. The summed E-state index contributed by atoms with van der Waals surface area (Å²) in [6, 6.07) is 6.01. The van der Waals surface area contributed by atoms with Crippen LogP contribution in [0.25, 0.3) is 5.65 Å². The average Bonchev–Trinajstić information content (AvgIpc) is 3.35. The number of nitrogens with two attached hydrogens (primary N) is 1. The molecule has 2 fully saturated rings. The minimum absolute atomic E-state index is 0.337. The zero-order chi connectivity index (χ0) is 20.0. The zero-order valence-corrected chi connectivity index (χ0v) is 18.3. The molecule has 5 nitrogen and oxygen atoms in total. The number of anilines is 1. The van der Waals surface area contributed by atoms with Crippen LogP contribution < -0.4 is 10.6 Å². The van der Waals surface area contributed by atoms with E-state index < -0.39 is 0 Å². The predicted octanol–water partition coefficient (Wildman–Crippen LogP) is 5.29. The molecule has 1 aliphatic carbocycles. The first-order valence-electron chi connectivity index (χ1n) is 10.0. The third-order valence-electron chi connectivity index (χ3n) is 6.53. The van der Waals surface area contributed by atoms with Crippen LogP contribution in [0.15, 0.2) is 46.6 Å². The second kappa shape index (κ2) is 7.65. The molecule has 1 aromatic carbocycles. The molecule has 2 aromatic heterocycles. The molecule has 152 valence electrons. The van der Waals surface area contributed by atoms with E-state index in [1.54, 1.807) is 6.07 Å². The average molecular weight is 448 g/mol. The molecule has 5 rings (SSSR count). The Morgan fingerprint density at radius 3 is 2.69 bits per heavy atom. The van der Waals surface area contributed by atoms with Crippen LogP contribution in [0.3, 0.4) is 0 Å². The van der Waals surface area contributed by atoms with Crippen LogP contribution in [0.5, 0.6) is 0 Å². The van der Waals surface area contributed by atoms with E-state index in [1.165, 1.54) is 31.0 Å². The van der Waals surface area contributed by atoms with Crippen LogP contribution in [0, 0.1) is 5.41 Å². The number of hydrogen-bond donors (Lipinski definition) is 1. The smallest absolute Gasteiger partial charge is 0.211 e. The largest absolute Gasteiger partial charge is 0.342 e. The van der Waals surface area contributed by atoms with Crippen LogP contribution in [0.1, 0.15) is 32.1 Å². The van der Waals surface area contributed by atoms with Gasteiger partial charge < -0.3 is 10.6 Å². The summed E-state index contributed by atoms with van der Waals surface area (Å²) in [7, 11) is 0. The number of rotatable bonds is 3. The third-order valence-corrected chi connectivity index (χ3v) is 8.53. The standard InChI is InChI=1S/C21H23Cl2N5S/c22-14-3-1-4-15(18(14)23)29-16-13-26-20(28-12-9-25-19(16)28)27-10-7-21(8-11-27)6-2-5-17(21)24/h1,3-4,9,12-13,17H,2,5-8,10-11,24H2/t17-/m1/s1. The molecule has 29 heavy (non-hydrogen) atoms. The summed E-state index contributed by atoms with van der Waals surface area (Å²) in [4.78, 5) is 13.6. The molecule has 3 heterocycles. The van der Waals surface area contributed by atoms with Crippen molar-refractivity contribution >= 4 is 46.6 Å². The van der Waals surface area contributed by atoms with Crippen molar-refractivity contribution in [2.24, 2.45) is 11.1 Å². The lowest BCUT2D eigenvalue weighted by Crippen LogP contribution is -2.47. The van der Waals surface area contributed by atoms with Crippen LogP contribution >= 0.6 is 35.0 Å². The van der Waals surface area contributed by atoms with Gasteiger partial charge in [-0.05, 0) is 43.2 Å². The van der Waals surface area contributed by atoms with Crippen LogP contribution in [-0.4, -0.2) is 33.5 Å². The number of hydrogen-bond acceptors (Lipinski definition) is 5.